The van der Waals surface area contributed by atoms with Gasteiger partial charge in [-0.1, -0.05) is 6.07 Å². The van der Waals surface area contributed by atoms with Crippen molar-refractivity contribution in [1.29, 1.82) is 0 Å². The maximum Gasteiger partial charge on any atom is 0.192 e. The van der Waals surface area contributed by atoms with Crippen molar-refractivity contribution in [2.75, 3.05) is 5.73 Å². The summed E-state index contributed by atoms with van der Waals surface area (Å²) < 4.78 is 0. The lowest BCUT2D eigenvalue weighted by atomic mass is 10.2. The van der Waals surface area contributed by atoms with Gasteiger partial charge < -0.3 is 5.73 Å². The summed E-state index contributed by atoms with van der Waals surface area (Å²) in [4.78, 5) is 9.28. The minimum Gasteiger partial charge on any atom is -0.398 e. The first-order valence-electron chi connectivity index (χ1n) is 4.57. The van der Waals surface area contributed by atoms with E-state index in [1.165, 1.54) is 17.3 Å². The highest BCUT2D eigenvalue weighted by molar-refractivity contribution is 7.99. The molecule has 2 aromatic rings. The van der Waals surface area contributed by atoms with Gasteiger partial charge in [0.1, 0.15) is 0 Å². The van der Waals surface area contributed by atoms with Gasteiger partial charge in [-0.3, -0.25) is 0 Å². The molecule has 0 unspecified atom stereocenters. The van der Waals surface area contributed by atoms with E-state index < -0.39 is 0 Å². The van der Waals surface area contributed by atoms with Crippen LogP contribution in [0.5, 0.6) is 0 Å². The summed E-state index contributed by atoms with van der Waals surface area (Å²) in [6.45, 7) is 2.04. The van der Waals surface area contributed by atoms with Gasteiger partial charge in [-0.2, -0.15) is 0 Å². The molecule has 3 nitrogen and oxygen atoms in total. The van der Waals surface area contributed by atoms with E-state index in [-0.39, 0.29) is 0 Å². The fraction of sp³-hybridized carbons (Fsp3) is 0.0909. The van der Waals surface area contributed by atoms with Crippen molar-refractivity contribution < 1.29 is 0 Å². The molecular weight excluding hydrogens is 206 g/mol. The number of nitrogen functional groups attached to an aromatic ring is 1. The first kappa shape index (κ1) is 9.98. The van der Waals surface area contributed by atoms with E-state index in [0.717, 1.165) is 15.7 Å². The van der Waals surface area contributed by atoms with Gasteiger partial charge in [0.2, 0.25) is 0 Å². The van der Waals surface area contributed by atoms with Crippen LogP contribution in [0.25, 0.3) is 0 Å². The molecule has 0 radical (unpaired) electrons. The molecule has 0 saturated carbocycles. The van der Waals surface area contributed by atoms with Gasteiger partial charge in [0, 0.05) is 23.0 Å². The summed E-state index contributed by atoms with van der Waals surface area (Å²) in [5.41, 5.74) is 7.81. The van der Waals surface area contributed by atoms with Gasteiger partial charge in [-0.05, 0) is 42.4 Å². The number of rotatable bonds is 2. The standard InChI is InChI=1S/C11H11N3S/c1-8-3-4-9(12)10(7-8)15-11-13-5-2-6-14-11/h2-7H,12H2,1H3. The molecule has 2 rings (SSSR count). The van der Waals surface area contributed by atoms with E-state index in [1.807, 2.05) is 25.1 Å². The molecule has 1 heterocycles. The molecule has 76 valence electrons. The first-order chi connectivity index (χ1) is 7.25. The predicted molar refractivity (Wildman–Crippen MR) is 61.7 cm³/mol. The zero-order valence-corrected chi connectivity index (χ0v) is 9.16. The summed E-state index contributed by atoms with van der Waals surface area (Å²) in [6, 6.07) is 7.73. The summed E-state index contributed by atoms with van der Waals surface area (Å²) in [5, 5.41) is 0.717. The van der Waals surface area contributed by atoms with Crippen molar-refractivity contribution in [1.82, 2.24) is 9.97 Å². The molecule has 0 aliphatic rings. The summed E-state index contributed by atoms with van der Waals surface area (Å²) in [5.74, 6) is 0. The molecular formula is C11H11N3S. The predicted octanol–water partition coefficient (Wildman–Crippen LogP) is 2.52. The van der Waals surface area contributed by atoms with Crippen molar-refractivity contribution in [3.8, 4) is 0 Å². The average Bonchev–Trinajstić information content (AvgIpc) is 2.25. The van der Waals surface area contributed by atoms with E-state index in [0.29, 0.717) is 0 Å². The average molecular weight is 217 g/mol. The van der Waals surface area contributed by atoms with Crippen LogP contribution in [0.2, 0.25) is 0 Å². The maximum absolute atomic E-state index is 5.86. The molecule has 0 aliphatic heterocycles. The summed E-state index contributed by atoms with van der Waals surface area (Å²) in [6.07, 6.45) is 3.45. The minimum atomic E-state index is 0.717. The normalized spacial score (nSPS) is 10.2. The smallest absolute Gasteiger partial charge is 0.192 e. The lowest BCUT2D eigenvalue weighted by molar-refractivity contribution is 0.967. The fourth-order valence-electron chi connectivity index (χ4n) is 1.17. The number of aromatic nitrogens is 2. The monoisotopic (exact) mass is 217 g/mol. The highest BCUT2D eigenvalue weighted by atomic mass is 32.2. The minimum absolute atomic E-state index is 0.717. The Morgan fingerprint density at radius 1 is 1.20 bits per heavy atom. The third-order valence-electron chi connectivity index (χ3n) is 1.91. The van der Waals surface area contributed by atoms with Crippen molar-refractivity contribution in [3.05, 3.63) is 42.2 Å². The topological polar surface area (TPSA) is 51.8 Å². The molecule has 15 heavy (non-hydrogen) atoms. The molecule has 0 fully saturated rings. The van der Waals surface area contributed by atoms with E-state index in [4.69, 9.17) is 5.73 Å². The van der Waals surface area contributed by atoms with E-state index in [2.05, 4.69) is 9.97 Å². The number of benzene rings is 1. The van der Waals surface area contributed by atoms with Crippen LogP contribution in [0, 0.1) is 6.92 Å². The van der Waals surface area contributed by atoms with E-state index in [9.17, 15) is 0 Å². The molecule has 0 amide bonds. The molecule has 1 aromatic carbocycles. The zero-order chi connectivity index (χ0) is 10.7. The lowest BCUT2D eigenvalue weighted by Gasteiger charge is -2.04. The molecule has 0 atom stereocenters. The van der Waals surface area contributed by atoms with Crippen LogP contribution in [0.4, 0.5) is 5.69 Å². The van der Waals surface area contributed by atoms with Gasteiger partial charge >= 0.3 is 0 Å². The highest BCUT2D eigenvalue weighted by Crippen LogP contribution is 2.29. The van der Waals surface area contributed by atoms with Crippen molar-refractivity contribution in [2.24, 2.45) is 0 Å². The number of aryl methyl sites for hydroxylation is 1. The molecule has 2 N–H and O–H groups in total. The molecule has 0 bridgehead atoms. The van der Waals surface area contributed by atoms with Crippen LogP contribution < -0.4 is 5.73 Å². The van der Waals surface area contributed by atoms with Crippen LogP contribution >= 0.6 is 11.8 Å². The van der Waals surface area contributed by atoms with Gasteiger partial charge in [-0.25, -0.2) is 9.97 Å². The van der Waals surface area contributed by atoms with Crippen LogP contribution in [-0.4, -0.2) is 9.97 Å². The van der Waals surface area contributed by atoms with Crippen LogP contribution in [-0.2, 0) is 0 Å². The second-order valence-electron chi connectivity index (χ2n) is 3.17. The molecule has 0 saturated heterocycles. The van der Waals surface area contributed by atoms with Crippen LogP contribution in [0.15, 0.2) is 46.7 Å². The Balaban J connectivity index is 2.28. The van der Waals surface area contributed by atoms with Crippen LogP contribution in [0.1, 0.15) is 5.56 Å². The number of anilines is 1. The maximum atomic E-state index is 5.86. The van der Waals surface area contributed by atoms with Crippen molar-refractivity contribution in [3.63, 3.8) is 0 Å². The van der Waals surface area contributed by atoms with E-state index >= 15 is 0 Å². The zero-order valence-electron chi connectivity index (χ0n) is 8.34. The Kier molecular flexibility index (Phi) is 2.87. The molecule has 1 aromatic heterocycles. The summed E-state index contributed by atoms with van der Waals surface area (Å²) >= 11 is 1.48. The lowest BCUT2D eigenvalue weighted by Crippen LogP contribution is -1.90. The summed E-state index contributed by atoms with van der Waals surface area (Å²) in [7, 11) is 0. The van der Waals surface area contributed by atoms with Crippen molar-refractivity contribution in [2.45, 2.75) is 17.0 Å². The Bertz CT molecular complexity index is 457. The van der Waals surface area contributed by atoms with Gasteiger partial charge in [-0.15, -0.1) is 0 Å². The molecule has 0 aliphatic carbocycles. The first-order valence-corrected chi connectivity index (χ1v) is 5.38. The Morgan fingerprint density at radius 3 is 2.67 bits per heavy atom. The largest absolute Gasteiger partial charge is 0.398 e. The third-order valence-corrected chi connectivity index (χ3v) is 2.88. The van der Waals surface area contributed by atoms with Gasteiger partial charge in [0.15, 0.2) is 5.16 Å². The highest BCUT2D eigenvalue weighted by Gasteiger charge is 2.03. The Labute approximate surface area is 92.8 Å². The fourth-order valence-corrected chi connectivity index (χ4v) is 2.02. The number of hydrogen-bond acceptors (Lipinski definition) is 4. The van der Waals surface area contributed by atoms with Crippen molar-refractivity contribution >= 4 is 17.4 Å². The quantitative estimate of drug-likeness (QED) is 0.620. The van der Waals surface area contributed by atoms with Gasteiger partial charge in [0.05, 0.1) is 0 Å². The number of nitrogens with two attached hydrogens (primary N) is 1. The second-order valence-corrected chi connectivity index (χ2v) is 4.18. The second kappa shape index (κ2) is 4.31. The number of hydrogen-bond donors (Lipinski definition) is 1. The van der Waals surface area contributed by atoms with Gasteiger partial charge in [0.25, 0.3) is 0 Å². The molecule has 4 heteroatoms. The van der Waals surface area contributed by atoms with Crippen LogP contribution in [0.3, 0.4) is 0 Å². The Hall–Kier alpha value is -1.55. The van der Waals surface area contributed by atoms with E-state index in [1.54, 1.807) is 18.5 Å². The third kappa shape index (κ3) is 2.47. The number of nitrogens with zero attached hydrogens (tertiary/aromatic N) is 2. The molecule has 0 spiro atoms. The Morgan fingerprint density at radius 2 is 1.93 bits per heavy atom. The SMILES string of the molecule is Cc1ccc(N)c(Sc2ncccn2)c1.